The molecule has 1 rings (SSSR count). The number of rotatable bonds is 5. The van der Waals surface area contributed by atoms with Crippen LogP contribution >= 0.6 is 0 Å². The maximum Gasteiger partial charge on any atom is 0.347 e. The van der Waals surface area contributed by atoms with Gasteiger partial charge in [-0.3, -0.25) is 10.1 Å². The van der Waals surface area contributed by atoms with Crippen LogP contribution in [0.15, 0.2) is 12.1 Å². The van der Waals surface area contributed by atoms with Gasteiger partial charge in [0.1, 0.15) is 5.75 Å². The average Bonchev–Trinajstić information content (AvgIpc) is 2.32. The summed E-state index contributed by atoms with van der Waals surface area (Å²) in [5, 5.41) is 10.9. The molecule has 1 aromatic carbocycles. The topological polar surface area (TPSA) is 78.7 Å². The van der Waals surface area contributed by atoms with Crippen molar-refractivity contribution in [2.75, 3.05) is 6.61 Å². The first-order valence-electron chi connectivity index (χ1n) is 5.95. The summed E-state index contributed by atoms with van der Waals surface area (Å²) < 4.78 is 10.2. The van der Waals surface area contributed by atoms with Crippen molar-refractivity contribution in [3.05, 3.63) is 33.4 Å². The Kier molecular flexibility index (Phi) is 4.86. The first kappa shape index (κ1) is 14.9. The van der Waals surface area contributed by atoms with Gasteiger partial charge in [-0.05, 0) is 39.3 Å². The molecule has 0 aliphatic rings. The van der Waals surface area contributed by atoms with Crippen molar-refractivity contribution < 1.29 is 19.2 Å². The van der Waals surface area contributed by atoms with E-state index in [2.05, 4.69) is 0 Å². The van der Waals surface area contributed by atoms with Crippen LogP contribution in [-0.4, -0.2) is 23.6 Å². The van der Waals surface area contributed by atoms with Crippen molar-refractivity contribution in [2.24, 2.45) is 0 Å². The van der Waals surface area contributed by atoms with Gasteiger partial charge in [0.05, 0.1) is 17.6 Å². The van der Waals surface area contributed by atoms with E-state index in [-0.39, 0.29) is 12.3 Å². The molecule has 0 saturated heterocycles. The number of benzene rings is 1. The summed E-state index contributed by atoms with van der Waals surface area (Å²) in [7, 11) is 0. The molecule has 6 nitrogen and oxygen atoms in total. The maximum absolute atomic E-state index is 11.5. The summed E-state index contributed by atoms with van der Waals surface area (Å²) in [5.41, 5.74) is 1.26. The Morgan fingerprint density at radius 3 is 2.53 bits per heavy atom. The largest absolute Gasteiger partial charge is 0.478 e. The van der Waals surface area contributed by atoms with Crippen LogP contribution in [0.5, 0.6) is 5.75 Å². The van der Waals surface area contributed by atoms with Gasteiger partial charge in [-0.1, -0.05) is 0 Å². The van der Waals surface area contributed by atoms with Crippen LogP contribution in [-0.2, 0) is 9.53 Å². The lowest BCUT2D eigenvalue weighted by Gasteiger charge is -2.15. The lowest BCUT2D eigenvalue weighted by atomic mass is 10.1. The number of aryl methyl sites for hydroxylation is 2. The molecule has 0 amide bonds. The van der Waals surface area contributed by atoms with Gasteiger partial charge in [-0.15, -0.1) is 0 Å². The summed E-state index contributed by atoms with van der Waals surface area (Å²) in [6, 6.07) is 2.99. The number of hydrogen-bond acceptors (Lipinski definition) is 5. The standard InChI is InChI=1S/C13H17NO5/c1-5-18-13(15)10(4)19-12-7-11(14(16)17)8(2)6-9(12)3/h6-7,10H,5H2,1-4H3. The number of nitro groups is 1. The zero-order chi connectivity index (χ0) is 14.6. The quantitative estimate of drug-likeness (QED) is 0.465. The Balaban J connectivity index is 2.98. The van der Waals surface area contributed by atoms with E-state index in [1.165, 1.54) is 6.07 Å². The molecule has 0 spiro atoms. The van der Waals surface area contributed by atoms with E-state index in [0.29, 0.717) is 11.3 Å². The predicted octanol–water partition coefficient (Wildman–Crippen LogP) is 2.54. The first-order valence-corrected chi connectivity index (χ1v) is 5.95. The molecule has 0 heterocycles. The van der Waals surface area contributed by atoms with E-state index in [9.17, 15) is 14.9 Å². The lowest BCUT2D eigenvalue weighted by molar-refractivity contribution is -0.385. The highest BCUT2D eigenvalue weighted by atomic mass is 16.6. The molecule has 1 aromatic rings. The molecule has 0 radical (unpaired) electrons. The second-order valence-electron chi connectivity index (χ2n) is 4.17. The Hall–Kier alpha value is -2.11. The van der Waals surface area contributed by atoms with E-state index in [4.69, 9.17) is 9.47 Å². The summed E-state index contributed by atoms with van der Waals surface area (Å²) in [4.78, 5) is 21.9. The summed E-state index contributed by atoms with van der Waals surface area (Å²) in [6.07, 6.45) is -0.805. The molecule has 104 valence electrons. The van der Waals surface area contributed by atoms with Crippen molar-refractivity contribution in [3.63, 3.8) is 0 Å². The first-order chi connectivity index (χ1) is 8.86. The Morgan fingerprint density at radius 2 is 2.00 bits per heavy atom. The van der Waals surface area contributed by atoms with Gasteiger partial charge < -0.3 is 9.47 Å². The molecule has 0 bridgehead atoms. The average molecular weight is 267 g/mol. The smallest absolute Gasteiger partial charge is 0.347 e. The SMILES string of the molecule is CCOC(=O)C(C)Oc1cc([N+](=O)[O-])c(C)cc1C. The number of esters is 1. The fourth-order valence-corrected chi connectivity index (χ4v) is 1.64. The van der Waals surface area contributed by atoms with Crippen LogP contribution in [0.3, 0.4) is 0 Å². The number of carbonyl (C=O) groups is 1. The van der Waals surface area contributed by atoms with Crippen LogP contribution in [0.1, 0.15) is 25.0 Å². The van der Waals surface area contributed by atoms with Gasteiger partial charge in [0.25, 0.3) is 5.69 Å². The Labute approximate surface area is 111 Å². The van der Waals surface area contributed by atoms with E-state index >= 15 is 0 Å². The minimum atomic E-state index is -0.805. The molecule has 6 heteroatoms. The molecule has 0 N–H and O–H groups in total. The van der Waals surface area contributed by atoms with Gasteiger partial charge in [0.15, 0.2) is 6.10 Å². The van der Waals surface area contributed by atoms with Crippen molar-refractivity contribution in [1.29, 1.82) is 0 Å². The summed E-state index contributed by atoms with van der Waals surface area (Å²) in [5.74, 6) is -0.178. The second-order valence-corrected chi connectivity index (χ2v) is 4.17. The van der Waals surface area contributed by atoms with Gasteiger partial charge in [-0.2, -0.15) is 0 Å². The summed E-state index contributed by atoms with van der Waals surface area (Å²) in [6.45, 7) is 6.93. The fourth-order valence-electron chi connectivity index (χ4n) is 1.64. The van der Waals surface area contributed by atoms with Crippen LogP contribution in [0, 0.1) is 24.0 Å². The van der Waals surface area contributed by atoms with Crippen molar-refractivity contribution >= 4 is 11.7 Å². The number of carbonyl (C=O) groups excluding carboxylic acids is 1. The molecule has 1 unspecified atom stereocenters. The van der Waals surface area contributed by atoms with Crippen LogP contribution in [0.4, 0.5) is 5.69 Å². The molecular weight excluding hydrogens is 250 g/mol. The van der Waals surface area contributed by atoms with Crippen LogP contribution in [0.25, 0.3) is 0 Å². The molecule has 19 heavy (non-hydrogen) atoms. The number of ether oxygens (including phenoxy) is 2. The zero-order valence-corrected chi connectivity index (χ0v) is 11.4. The van der Waals surface area contributed by atoms with Gasteiger partial charge in [0, 0.05) is 5.56 Å². The highest BCUT2D eigenvalue weighted by molar-refractivity contribution is 5.74. The maximum atomic E-state index is 11.5. The molecule has 0 aromatic heterocycles. The summed E-state index contributed by atoms with van der Waals surface area (Å²) >= 11 is 0. The fraction of sp³-hybridized carbons (Fsp3) is 0.462. The van der Waals surface area contributed by atoms with Crippen molar-refractivity contribution in [1.82, 2.24) is 0 Å². The molecule has 0 aliphatic carbocycles. The third-order valence-electron chi connectivity index (χ3n) is 2.61. The van der Waals surface area contributed by atoms with E-state index < -0.39 is 17.0 Å². The zero-order valence-electron chi connectivity index (χ0n) is 11.4. The second kappa shape index (κ2) is 6.17. The lowest BCUT2D eigenvalue weighted by Crippen LogP contribution is -2.26. The minimum Gasteiger partial charge on any atom is -0.478 e. The van der Waals surface area contributed by atoms with E-state index in [0.717, 1.165) is 5.56 Å². The highest BCUT2D eigenvalue weighted by Gasteiger charge is 2.20. The van der Waals surface area contributed by atoms with Crippen LogP contribution in [0.2, 0.25) is 0 Å². The molecule has 0 saturated carbocycles. The van der Waals surface area contributed by atoms with Crippen molar-refractivity contribution in [2.45, 2.75) is 33.8 Å². The van der Waals surface area contributed by atoms with Crippen LogP contribution < -0.4 is 4.74 Å². The van der Waals surface area contributed by atoms with E-state index in [1.54, 1.807) is 33.8 Å². The molecular formula is C13H17NO5. The minimum absolute atomic E-state index is 0.0309. The monoisotopic (exact) mass is 267 g/mol. The van der Waals surface area contributed by atoms with Gasteiger partial charge in [0.2, 0.25) is 0 Å². The van der Waals surface area contributed by atoms with E-state index in [1.807, 2.05) is 0 Å². The Morgan fingerprint density at radius 1 is 1.37 bits per heavy atom. The number of hydrogen-bond donors (Lipinski definition) is 0. The molecule has 0 aliphatic heterocycles. The number of nitro benzene ring substituents is 1. The van der Waals surface area contributed by atoms with Gasteiger partial charge in [-0.25, -0.2) is 4.79 Å². The van der Waals surface area contributed by atoms with Gasteiger partial charge >= 0.3 is 5.97 Å². The van der Waals surface area contributed by atoms with Crippen molar-refractivity contribution in [3.8, 4) is 5.75 Å². The third kappa shape index (κ3) is 3.67. The number of nitrogens with zero attached hydrogens (tertiary/aromatic N) is 1. The molecule has 1 atom stereocenters. The highest BCUT2D eigenvalue weighted by Crippen LogP contribution is 2.28. The normalized spacial score (nSPS) is 11.8. The Bertz CT molecular complexity index is 498. The predicted molar refractivity (Wildman–Crippen MR) is 69.3 cm³/mol. The molecule has 0 fully saturated rings. The third-order valence-corrected chi connectivity index (χ3v) is 2.61.